The fourth-order valence-corrected chi connectivity index (χ4v) is 2.48. The van der Waals surface area contributed by atoms with Crippen LogP contribution >= 0.6 is 0 Å². The summed E-state index contributed by atoms with van der Waals surface area (Å²) in [7, 11) is -3.50. The molecule has 110 valence electrons. The van der Waals surface area contributed by atoms with Gasteiger partial charge in [0.2, 0.25) is 10.0 Å². The molecule has 0 unspecified atom stereocenters. The van der Waals surface area contributed by atoms with E-state index in [0.29, 0.717) is 25.6 Å². The van der Waals surface area contributed by atoms with Crippen molar-refractivity contribution >= 4 is 10.0 Å². The van der Waals surface area contributed by atoms with Gasteiger partial charge in [-0.15, -0.1) is 0 Å². The van der Waals surface area contributed by atoms with Gasteiger partial charge in [0.25, 0.3) is 0 Å². The molecule has 0 saturated heterocycles. The maximum absolute atomic E-state index is 12.1. The predicted molar refractivity (Wildman–Crippen MR) is 75.1 cm³/mol. The summed E-state index contributed by atoms with van der Waals surface area (Å²) in [4.78, 5) is 0.181. The van der Waals surface area contributed by atoms with Crippen LogP contribution in [0.4, 0.5) is 0 Å². The summed E-state index contributed by atoms with van der Waals surface area (Å²) in [5, 5.41) is 3.97. The van der Waals surface area contributed by atoms with Crippen LogP contribution in [0.2, 0.25) is 0 Å². The largest absolute Gasteiger partial charge is 0.329 e. The molecule has 0 aliphatic carbocycles. The molecular weight excluding hydrogens is 264 g/mol. The molecular formula is C12H24N4O2S. The van der Waals surface area contributed by atoms with Crippen molar-refractivity contribution in [3.05, 3.63) is 12.4 Å². The van der Waals surface area contributed by atoms with Gasteiger partial charge in [-0.25, -0.2) is 13.1 Å². The molecule has 1 aromatic rings. The van der Waals surface area contributed by atoms with Crippen LogP contribution in [0, 0.1) is 11.3 Å². The number of hydrogen-bond donors (Lipinski definition) is 2. The van der Waals surface area contributed by atoms with Crippen LogP contribution < -0.4 is 10.5 Å². The highest BCUT2D eigenvalue weighted by Crippen LogP contribution is 2.25. The maximum Gasteiger partial charge on any atom is 0.243 e. The molecule has 7 heteroatoms. The second-order valence-electron chi connectivity index (χ2n) is 5.70. The van der Waals surface area contributed by atoms with E-state index in [1.807, 2.05) is 13.8 Å². The van der Waals surface area contributed by atoms with E-state index in [1.165, 1.54) is 17.1 Å². The Morgan fingerprint density at radius 1 is 1.47 bits per heavy atom. The lowest BCUT2D eigenvalue weighted by Gasteiger charge is -2.29. The summed E-state index contributed by atoms with van der Waals surface area (Å²) in [5.41, 5.74) is 5.31. The summed E-state index contributed by atoms with van der Waals surface area (Å²) in [5.74, 6) is 0.384. The van der Waals surface area contributed by atoms with E-state index in [1.54, 1.807) is 0 Å². The van der Waals surface area contributed by atoms with Gasteiger partial charge in [-0.2, -0.15) is 5.10 Å². The van der Waals surface area contributed by atoms with Crippen molar-refractivity contribution in [2.24, 2.45) is 17.1 Å². The van der Waals surface area contributed by atoms with E-state index in [2.05, 4.69) is 23.7 Å². The van der Waals surface area contributed by atoms with Crippen molar-refractivity contribution in [2.75, 3.05) is 13.1 Å². The van der Waals surface area contributed by atoms with Crippen LogP contribution in [0.1, 0.15) is 27.7 Å². The van der Waals surface area contributed by atoms with Gasteiger partial charge in [0, 0.05) is 19.3 Å². The van der Waals surface area contributed by atoms with Gasteiger partial charge in [0.05, 0.1) is 12.7 Å². The van der Waals surface area contributed by atoms with E-state index >= 15 is 0 Å². The van der Waals surface area contributed by atoms with Crippen molar-refractivity contribution < 1.29 is 8.42 Å². The third kappa shape index (κ3) is 4.29. The molecule has 0 aliphatic rings. The second-order valence-corrected chi connectivity index (χ2v) is 7.46. The van der Waals surface area contributed by atoms with Gasteiger partial charge < -0.3 is 5.73 Å². The van der Waals surface area contributed by atoms with Gasteiger partial charge in [0.15, 0.2) is 0 Å². The molecule has 0 amide bonds. The molecule has 0 aromatic carbocycles. The molecule has 1 rings (SSSR count). The molecule has 1 heterocycles. The van der Waals surface area contributed by atoms with Gasteiger partial charge in [-0.05, 0) is 11.3 Å². The summed E-state index contributed by atoms with van der Waals surface area (Å²) >= 11 is 0. The van der Waals surface area contributed by atoms with Crippen molar-refractivity contribution in [3.63, 3.8) is 0 Å². The number of nitrogens with two attached hydrogens (primary N) is 1. The van der Waals surface area contributed by atoms with Crippen LogP contribution in [0.3, 0.4) is 0 Å². The number of nitrogens with zero attached hydrogens (tertiary/aromatic N) is 2. The summed E-state index contributed by atoms with van der Waals surface area (Å²) < 4.78 is 28.4. The molecule has 19 heavy (non-hydrogen) atoms. The Kier molecular flexibility index (Phi) is 5.11. The Balaban J connectivity index is 2.75. The molecule has 0 bridgehead atoms. The molecule has 0 spiro atoms. The first-order valence-corrected chi connectivity index (χ1v) is 7.89. The standard InChI is InChI=1S/C12H24N4O2S/c1-10(2)12(3,4)9-15-19(17,18)11-7-14-16(8-11)6-5-13/h7-8,10,15H,5-6,9,13H2,1-4H3. The SMILES string of the molecule is CC(C)C(C)(C)CNS(=O)(=O)c1cnn(CCN)c1. The van der Waals surface area contributed by atoms with Crippen molar-refractivity contribution in [1.29, 1.82) is 0 Å². The number of nitrogens with one attached hydrogen (secondary N) is 1. The molecule has 0 fully saturated rings. The van der Waals surface area contributed by atoms with Gasteiger partial charge in [-0.3, -0.25) is 4.68 Å². The van der Waals surface area contributed by atoms with Gasteiger partial charge in [0.1, 0.15) is 4.90 Å². The Morgan fingerprint density at radius 3 is 2.63 bits per heavy atom. The molecule has 1 aromatic heterocycles. The van der Waals surface area contributed by atoms with E-state index in [-0.39, 0.29) is 10.3 Å². The Hall–Kier alpha value is -0.920. The highest BCUT2D eigenvalue weighted by atomic mass is 32.2. The van der Waals surface area contributed by atoms with Crippen molar-refractivity contribution in [1.82, 2.24) is 14.5 Å². The lowest BCUT2D eigenvalue weighted by atomic mass is 9.81. The smallest absolute Gasteiger partial charge is 0.243 e. The topological polar surface area (TPSA) is 90.0 Å². The fourth-order valence-electron chi connectivity index (χ4n) is 1.31. The van der Waals surface area contributed by atoms with Crippen molar-refractivity contribution in [2.45, 2.75) is 39.1 Å². The Morgan fingerprint density at radius 2 is 2.11 bits per heavy atom. The Labute approximate surface area is 115 Å². The summed E-state index contributed by atoms with van der Waals surface area (Å²) in [6, 6.07) is 0. The summed E-state index contributed by atoms with van der Waals surface area (Å²) in [6.07, 6.45) is 2.85. The number of rotatable bonds is 7. The average Bonchev–Trinajstić information content (AvgIpc) is 2.76. The van der Waals surface area contributed by atoms with Crippen LogP contribution in [-0.2, 0) is 16.6 Å². The molecule has 0 radical (unpaired) electrons. The zero-order valence-electron chi connectivity index (χ0n) is 12.0. The zero-order valence-corrected chi connectivity index (χ0v) is 12.9. The molecule has 0 aliphatic heterocycles. The third-order valence-corrected chi connectivity index (χ3v) is 4.91. The first-order valence-electron chi connectivity index (χ1n) is 6.41. The third-order valence-electron chi connectivity index (χ3n) is 3.56. The zero-order chi connectivity index (χ0) is 14.7. The highest BCUT2D eigenvalue weighted by molar-refractivity contribution is 7.89. The van der Waals surface area contributed by atoms with E-state index in [9.17, 15) is 8.42 Å². The number of sulfonamides is 1. The van der Waals surface area contributed by atoms with E-state index in [4.69, 9.17) is 5.73 Å². The molecule has 3 N–H and O–H groups in total. The first-order chi connectivity index (χ1) is 8.69. The monoisotopic (exact) mass is 288 g/mol. The lowest BCUT2D eigenvalue weighted by molar-refractivity contribution is 0.252. The molecule has 6 nitrogen and oxygen atoms in total. The molecule has 0 saturated carbocycles. The van der Waals surface area contributed by atoms with Crippen LogP contribution in [-0.4, -0.2) is 31.3 Å². The minimum absolute atomic E-state index is 0.0969. The number of hydrogen-bond acceptors (Lipinski definition) is 4. The van der Waals surface area contributed by atoms with E-state index in [0.717, 1.165) is 0 Å². The minimum atomic E-state index is -3.50. The van der Waals surface area contributed by atoms with Crippen LogP contribution in [0.5, 0.6) is 0 Å². The predicted octanol–water partition coefficient (Wildman–Crippen LogP) is 0.802. The highest BCUT2D eigenvalue weighted by Gasteiger charge is 2.25. The second kappa shape index (κ2) is 6.02. The fraction of sp³-hybridized carbons (Fsp3) is 0.750. The van der Waals surface area contributed by atoms with Crippen LogP contribution in [0.25, 0.3) is 0 Å². The van der Waals surface area contributed by atoms with Gasteiger partial charge >= 0.3 is 0 Å². The van der Waals surface area contributed by atoms with Gasteiger partial charge in [-0.1, -0.05) is 27.7 Å². The lowest BCUT2D eigenvalue weighted by Crippen LogP contribution is -2.36. The Bertz CT molecular complexity index is 506. The summed E-state index contributed by atoms with van der Waals surface area (Å²) in [6.45, 7) is 9.56. The number of aromatic nitrogens is 2. The van der Waals surface area contributed by atoms with Crippen molar-refractivity contribution in [3.8, 4) is 0 Å². The first kappa shape index (κ1) is 16.1. The van der Waals surface area contributed by atoms with E-state index < -0.39 is 10.0 Å². The molecule has 0 atom stereocenters. The quantitative estimate of drug-likeness (QED) is 0.776. The average molecular weight is 288 g/mol. The van der Waals surface area contributed by atoms with Crippen LogP contribution in [0.15, 0.2) is 17.3 Å². The maximum atomic E-state index is 12.1. The normalized spacial score (nSPS) is 13.2. The minimum Gasteiger partial charge on any atom is -0.329 e.